The second kappa shape index (κ2) is 6.05. The highest BCUT2D eigenvalue weighted by molar-refractivity contribution is 7.89. The zero-order valence-electron chi connectivity index (χ0n) is 9.40. The van der Waals surface area contributed by atoms with E-state index < -0.39 is 10.0 Å². The number of hydrogen-bond donors (Lipinski definition) is 1. The third-order valence-electron chi connectivity index (χ3n) is 1.99. The van der Waals surface area contributed by atoms with Gasteiger partial charge in [-0.1, -0.05) is 6.07 Å². The van der Waals surface area contributed by atoms with Crippen molar-refractivity contribution in [3.05, 3.63) is 29.8 Å². The number of benzene rings is 1. The van der Waals surface area contributed by atoms with Crippen LogP contribution in [0.15, 0.2) is 29.2 Å². The predicted octanol–water partition coefficient (Wildman–Crippen LogP) is 1.25. The van der Waals surface area contributed by atoms with E-state index in [0.29, 0.717) is 12.0 Å². The molecule has 17 heavy (non-hydrogen) atoms. The first-order valence-corrected chi connectivity index (χ1v) is 6.48. The maximum atomic E-state index is 11.8. The van der Waals surface area contributed by atoms with Crippen molar-refractivity contribution in [3.8, 4) is 17.9 Å². The minimum Gasteiger partial charge on any atom is -0.210 e. The summed E-state index contributed by atoms with van der Waals surface area (Å²) >= 11 is 0. The SMILES string of the molecule is CC#CCCNS(=O)(=O)c1cccc(C#N)c1. The van der Waals surface area contributed by atoms with Gasteiger partial charge in [-0.25, -0.2) is 13.1 Å². The van der Waals surface area contributed by atoms with Crippen molar-refractivity contribution < 1.29 is 8.42 Å². The highest BCUT2D eigenvalue weighted by Crippen LogP contribution is 2.10. The average Bonchev–Trinajstić information content (AvgIpc) is 2.35. The molecule has 0 saturated heterocycles. The summed E-state index contributed by atoms with van der Waals surface area (Å²) in [6.07, 6.45) is 0.466. The van der Waals surface area contributed by atoms with E-state index in [2.05, 4.69) is 16.6 Å². The lowest BCUT2D eigenvalue weighted by atomic mass is 10.2. The highest BCUT2D eigenvalue weighted by atomic mass is 32.2. The van der Waals surface area contributed by atoms with E-state index in [-0.39, 0.29) is 11.4 Å². The van der Waals surface area contributed by atoms with Gasteiger partial charge in [0, 0.05) is 13.0 Å². The summed E-state index contributed by atoms with van der Waals surface area (Å²) in [5.41, 5.74) is 0.321. The number of nitriles is 1. The van der Waals surface area contributed by atoms with Crippen LogP contribution >= 0.6 is 0 Å². The summed E-state index contributed by atoms with van der Waals surface area (Å²) in [5, 5.41) is 8.69. The molecule has 0 bridgehead atoms. The van der Waals surface area contributed by atoms with Crippen LogP contribution in [0.3, 0.4) is 0 Å². The quantitative estimate of drug-likeness (QED) is 0.644. The molecule has 1 aromatic rings. The summed E-state index contributed by atoms with van der Waals surface area (Å²) in [6.45, 7) is 1.96. The van der Waals surface area contributed by atoms with Crippen molar-refractivity contribution in [2.45, 2.75) is 18.2 Å². The van der Waals surface area contributed by atoms with Crippen LogP contribution < -0.4 is 4.72 Å². The van der Waals surface area contributed by atoms with E-state index in [1.54, 1.807) is 19.1 Å². The Hall–Kier alpha value is -1.82. The zero-order valence-corrected chi connectivity index (χ0v) is 10.2. The predicted molar refractivity (Wildman–Crippen MR) is 64.4 cm³/mol. The largest absolute Gasteiger partial charge is 0.240 e. The van der Waals surface area contributed by atoms with Gasteiger partial charge in [0.15, 0.2) is 0 Å². The number of sulfonamides is 1. The van der Waals surface area contributed by atoms with Crippen molar-refractivity contribution >= 4 is 10.0 Å². The Morgan fingerprint density at radius 2 is 2.18 bits per heavy atom. The summed E-state index contributed by atoms with van der Waals surface area (Å²) < 4.78 is 26.0. The molecule has 0 unspecified atom stereocenters. The van der Waals surface area contributed by atoms with Gasteiger partial charge in [0.05, 0.1) is 16.5 Å². The second-order valence-corrected chi connectivity index (χ2v) is 4.98. The van der Waals surface area contributed by atoms with Gasteiger partial charge in [0.25, 0.3) is 0 Å². The van der Waals surface area contributed by atoms with Crippen LogP contribution in [-0.2, 0) is 10.0 Å². The maximum absolute atomic E-state index is 11.8. The van der Waals surface area contributed by atoms with Gasteiger partial charge in [-0.05, 0) is 25.1 Å². The van der Waals surface area contributed by atoms with Crippen molar-refractivity contribution in [2.75, 3.05) is 6.54 Å². The Labute approximate surface area is 101 Å². The molecule has 0 spiro atoms. The molecule has 4 nitrogen and oxygen atoms in total. The lowest BCUT2D eigenvalue weighted by molar-refractivity contribution is 0.582. The van der Waals surface area contributed by atoms with E-state index in [4.69, 9.17) is 5.26 Å². The van der Waals surface area contributed by atoms with Gasteiger partial charge in [0.2, 0.25) is 10.0 Å². The maximum Gasteiger partial charge on any atom is 0.240 e. The Morgan fingerprint density at radius 3 is 2.82 bits per heavy atom. The van der Waals surface area contributed by atoms with E-state index in [9.17, 15) is 8.42 Å². The molecule has 0 amide bonds. The van der Waals surface area contributed by atoms with E-state index >= 15 is 0 Å². The minimum atomic E-state index is -3.54. The molecule has 1 rings (SSSR count). The fraction of sp³-hybridized carbons (Fsp3) is 0.250. The Kier molecular flexibility index (Phi) is 4.71. The van der Waals surface area contributed by atoms with Gasteiger partial charge in [-0.3, -0.25) is 0 Å². The number of rotatable bonds is 4. The van der Waals surface area contributed by atoms with Crippen molar-refractivity contribution in [3.63, 3.8) is 0 Å². The molecule has 0 heterocycles. The molecule has 0 aromatic heterocycles. The molecule has 0 fully saturated rings. The van der Waals surface area contributed by atoms with E-state index in [1.165, 1.54) is 12.1 Å². The topological polar surface area (TPSA) is 70.0 Å². The fourth-order valence-corrected chi connectivity index (χ4v) is 2.27. The fourth-order valence-electron chi connectivity index (χ4n) is 1.19. The van der Waals surface area contributed by atoms with Crippen LogP contribution in [0.5, 0.6) is 0 Å². The molecule has 0 atom stereocenters. The Bertz CT molecular complexity index is 589. The molecule has 0 radical (unpaired) electrons. The molecule has 0 aliphatic heterocycles. The molecule has 5 heteroatoms. The standard InChI is InChI=1S/C12H12N2O2S/c1-2-3-4-8-14-17(15,16)12-7-5-6-11(9-12)10-13/h5-7,9,14H,4,8H2,1H3. The van der Waals surface area contributed by atoms with Gasteiger partial charge in [-0.2, -0.15) is 5.26 Å². The summed E-state index contributed by atoms with van der Waals surface area (Å²) in [4.78, 5) is 0.0982. The van der Waals surface area contributed by atoms with Crippen LogP contribution in [0.2, 0.25) is 0 Å². The van der Waals surface area contributed by atoms with Crippen LogP contribution in [0, 0.1) is 23.2 Å². The molecular formula is C12H12N2O2S. The first-order chi connectivity index (χ1) is 8.10. The third kappa shape index (κ3) is 3.92. The third-order valence-corrected chi connectivity index (χ3v) is 3.45. The molecular weight excluding hydrogens is 236 g/mol. The lowest BCUT2D eigenvalue weighted by Gasteiger charge is -2.04. The van der Waals surface area contributed by atoms with Crippen molar-refractivity contribution in [2.24, 2.45) is 0 Å². The smallest absolute Gasteiger partial charge is 0.210 e. The van der Waals surface area contributed by atoms with Crippen LogP contribution in [0.4, 0.5) is 0 Å². The van der Waals surface area contributed by atoms with Gasteiger partial charge >= 0.3 is 0 Å². The van der Waals surface area contributed by atoms with Crippen molar-refractivity contribution in [1.82, 2.24) is 4.72 Å². The van der Waals surface area contributed by atoms with E-state index in [1.807, 2.05) is 6.07 Å². The second-order valence-electron chi connectivity index (χ2n) is 3.21. The van der Waals surface area contributed by atoms with Crippen LogP contribution in [-0.4, -0.2) is 15.0 Å². The summed E-state index contributed by atoms with van der Waals surface area (Å²) in [5.74, 6) is 5.45. The number of nitrogens with zero attached hydrogens (tertiary/aromatic N) is 1. The Morgan fingerprint density at radius 1 is 1.41 bits per heavy atom. The monoisotopic (exact) mass is 248 g/mol. The number of hydrogen-bond acceptors (Lipinski definition) is 3. The lowest BCUT2D eigenvalue weighted by Crippen LogP contribution is -2.24. The average molecular weight is 248 g/mol. The molecule has 1 aromatic carbocycles. The zero-order chi connectivity index (χ0) is 12.7. The molecule has 0 saturated carbocycles. The first-order valence-electron chi connectivity index (χ1n) is 4.99. The molecule has 1 N–H and O–H groups in total. The molecule has 88 valence electrons. The molecule has 0 aliphatic rings. The van der Waals surface area contributed by atoms with Gasteiger partial charge in [-0.15, -0.1) is 11.8 Å². The highest BCUT2D eigenvalue weighted by Gasteiger charge is 2.13. The first kappa shape index (κ1) is 13.2. The Balaban J connectivity index is 2.81. The van der Waals surface area contributed by atoms with Crippen LogP contribution in [0.1, 0.15) is 18.9 Å². The summed E-state index contributed by atoms with van der Waals surface area (Å²) in [6, 6.07) is 7.79. The summed E-state index contributed by atoms with van der Waals surface area (Å²) in [7, 11) is -3.54. The normalized spacial score (nSPS) is 10.1. The van der Waals surface area contributed by atoms with Crippen LogP contribution in [0.25, 0.3) is 0 Å². The van der Waals surface area contributed by atoms with Gasteiger partial charge < -0.3 is 0 Å². The van der Waals surface area contributed by atoms with Gasteiger partial charge in [0.1, 0.15) is 0 Å². The molecule has 0 aliphatic carbocycles. The minimum absolute atomic E-state index is 0.0982. The number of nitrogens with one attached hydrogen (secondary N) is 1. The van der Waals surface area contributed by atoms with Crippen molar-refractivity contribution in [1.29, 1.82) is 5.26 Å². The van der Waals surface area contributed by atoms with E-state index in [0.717, 1.165) is 0 Å².